The van der Waals surface area contributed by atoms with Gasteiger partial charge in [-0.1, -0.05) is 13.0 Å². The zero-order valence-corrected chi connectivity index (χ0v) is 10.4. The highest BCUT2D eigenvalue weighted by molar-refractivity contribution is 9.10. The van der Waals surface area contributed by atoms with Crippen LogP contribution in [0.25, 0.3) is 0 Å². The standard InChI is InChI=1S/C11H16BrNO/c1-8(7-14)9-4-5-11(13(2)3)10(12)6-9/h4-6,8,14H,7H2,1-3H3. The van der Waals surface area contributed by atoms with Crippen LogP contribution in [-0.2, 0) is 0 Å². The Morgan fingerprint density at radius 2 is 2.07 bits per heavy atom. The van der Waals surface area contributed by atoms with Gasteiger partial charge in [-0.05, 0) is 33.6 Å². The first-order valence-corrected chi connectivity index (χ1v) is 5.43. The maximum atomic E-state index is 9.03. The number of anilines is 1. The number of hydrogen-bond donors (Lipinski definition) is 1. The van der Waals surface area contributed by atoms with E-state index in [1.54, 1.807) is 0 Å². The number of benzene rings is 1. The summed E-state index contributed by atoms with van der Waals surface area (Å²) in [6, 6.07) is 6.18. The van der Waals surface area contributed by atoms with Gasteiger partial charge in [0.25, 0.3) is 0 Å². The molecule has 1 aromatic rings. The Labute approximate surface area is 93.7 Å². The molecular formula is C11H16BrNO. The molecule has 14 heavy (non-hydrogen) atoms. The fraction of sp³-hybridized carbons (Fsp3) is 0.455. The summed E-state index contributed by atoms with van der Waals surface area (Å²) in [5, 5.41) is 9.03. The molecular weight excluding hydrogens is 242 g/mol. The van der Waals surface area contributed by atoms with Crippen molar-refractivity contribution in [2.75, 3.05) is 25.6 Å². The van der Waals surface area contributed by atoms with Gasteiger partial charge < -0.3 is 10.0 Å². The molecule has 1 aromatic carbocycles. The predicted octanol–water partition coefficient (Wildman–Crippen LogP) is 2.61. The van der Waals surface area contributed by atoms with E-state index in [-0.39, 0.29) is 12.5 Å². The number of aliphatic hydroxyl groups is 1. The monoisotopic (exact) mass is 257 g/mol. The minimum absolute atomic E-state index is 0.188. The number of rotatable bonds is 3. The Morgan fingerprint density at radius 3 is 2.50 bits per heavy atom. The van der Waals surface area contributed by atoms with Crippen LogP contribution in [0.4, 0.5) is 5.69 Å². The second kappa shape index (κ2) is 4.80. The summed E-state index contributed by atoms with van der Waals surface area (Å²) in [6.45, 7) is 2.20. The topological polar surface area (TPSA) is 23.5 Å². The number of aliphatic hydroxyl groups excluding tert-OH is 1. The normalized spacial score (nSPS) is 12.6. The Morgan fingerprint density at radius 1 is 1.43 bits per heavy atom. The van der Waals surface area contributed by atoms with E-state index in [1.807, 2.05) is 21.0 Å². The van der Waals surface area contributed by atoms with Gasteiger partial charge in [-0.2, -0.15) is 0 Å². The summed E-state index contributed by atoms with van der Waals surface area (Å²) in [6.07, 6.45) is 0. The lowest BCUT2D eigenvalue weighted by atomic mass is 10.0. The molecule has 78 valence electrons. The molecule has 0 bridgehead atoms. The number of hydrogen-bond acceptors (Lipinski definition) is 2. The van der Waals surface area contributed by atoms with Gasteiger partial charge in [0.05, 0.1) is 5.69 Å². The first-order valence-electron chi connectivity index (χ1n) is 4.64. The summed E-state index contributed by atoms with van der Waals surface area (Å²) in [5.41, 5.74) is 2.31. The molecule has 0 amide bonds. The first kappa shape index (κ1) is 11.5. The van der Waals surface area contributed by atoms with Crippen LogP contribution in [-0.4, -0.2) is 25.8 Å². The van der Waals surface area contributed by atoms with Gasteiger partial charge in [0.1, 0.15) is 0 Å². The largest absolute Gasteiger partial charge is 0.396 e. The lowest BCUT2D eigenvalue weighted by Crippen LogP contribution is -2.09. The molecule has 0 saturated carbocycles. The van der Waals surface area contributed by atoms with E-state index in [4.69, 9.17) is 5.11 Å². The zero-order chi connectivity index (χ0) is 10.7. The van der Waals surface area contributed by atoms with Gasteiger partial charge in [0.15, 0.2) is 0 Å². The molecule has 0 aliphatic carbocycles. The molecule has 0 radical (unpaired) electrons. The Balaban J connectivity index is 3.00. The van der Waals surface area contributed by atoms with Crippen LogP contribution in [0.2, 0.25) is 0 Å². The summed E-state index contributed by atoms with van der Waals surface area (Å²) in [7, 11) is 4.02. The van der Waals surface area contributed by atoms with Crippen molar-refractivity contribution in [1.29, 1.82) is 0 Å². The first-order chi connectivity index (χ1) is 6.56. The van der Waals surface area contributed by atoms with Crippen molar-refractivity contribution in [1.82, 2.24) is 0 Å². The van der Waals surface area contributed by atoms with Crippen LogP contribution >= 0.6 is 15.9 Å². The Kier molecular flexibility index (Phi) is 3.96. The highest BCUT2D eigenvalue weighted by atomic mass is 79.9. The van der Waals surface area contributed by atoms with Crippen molar-refractivity contribution in [2.24, 2.45) is 0 Å². The van der Waals surface area contributed by atoms with Crippen molar-refractivity contribution >= 4 is 21.6 Å². The fourth-order valence-corrected chi connectivity index (χ4v) is 2.05. The summed E-state index contributed by atoms with van der Waals surface area (Å²) < 4.78 is 1.07. The predicted molar refractivity (Wildman–Crippen MR) is 64.0 cm³/mol. The van der Waals surface area contributed by atoms with E-state index in [0.717, 1.165) is 15.7 Å². The minimum atomic E-state index is 0.188. The third-order valence-corrected chi connectivity index (χ3v) is 2.93. The van der Waals surface area contributed by atoms with Crippen molar-refractivity contribution in [3.63, 3.8) is 0 Å². The van der Waals surface area contributed by atoms with Gasteiger partial charge in [-0.25, -0.2) is 0 Å². The van der Waals surface area contributed by atoms with Crippen LogP contribution < -0.4 is 4.90 Å². The maximum absolute atomic E-state index is 9.03. The maximum Gasteiger partial charge on any atom is 0.0505 e. The van der Waals surface area contributed by atoms with Gasteiger partial charge in [-0.15, -0.1) is 0 Å². The molecule has 0 spiro atoms. The van der Waals surface area contributed by atoms with E-state index in [9.17, 15) is 0 Å². The summed E-state index contributed by atoms with van der Waals surface area (Å²) >= 11 is 3.52. The second-order valence-corrected chi connectivity index (χ2v) is 4.54. The Bertz CT molecular complexity index is 312. The molecule has 1 atom stereocenters. The van der Waals surface area contributed by atoms with Crippen molar-refractivity contribution in [2.45, 2.75) is 12.8 Å². The van der Waals surface area contributed by atoms with Gasteiger partial charge >= 0.3 is 0 Å². The van der Waals surface area contributed by atoms with Crippen LogP contribution in [0.5, 0.6) is 0 Å². The lowest BCUT2D eigenvalue weighted by Gasteiger charge is -2.17. The summed E-state index contributed by atoms with van der Waals surface area (Å²) in [5.74, 6) is 0.197. The van der Waals surface area contributed by atoms with Crippen LogP contribution in [0, 0.1) is 0 Å². The lowest BCUT2D eigenvalue weighted by molar-refractivity contribution is 0.273. The third-order valence-electron chi connectivity index (χ3n) is 2.30. The highest BCUT2D eigenvalue weighted by Crippen LogP contribution is 2.28. The van der Waals surface area contributed by atoms with Crippen molar-refractivity contribution in [3.8, 4) is 0 Å². The van der Waals surface area contributed by atoms with E-state index in [0.29, 0.717) is 0 Å². The van der Waals surface area contributed by atoms with E-state index < -0.39 is 0 Å². The molecule has 0 aliphatic heterocycles. The molecule has 1 rings (SSSR count). The van der Waals surface area contributed by atoms with E-state index in [1.165, 1.54) is 0 Å². The minimum Gasteiger partial charge on any atom is -0.396 e. The average Bonchev–Trinajstić information content (AvgIpc) is 2.15. The number of nitrogens with zero attached hydrogens (tertiary/aromatic N) is 1. The van der Waals surface area contributed by atoms with Crippen LogP contribution in [0.1, 0.15) is 18.4 Å². The van der Waals surface area contributed by atoms with Gasteiger partial charge in [0, 0.05) is 31.1 Å². The molecule has 3 heteroatoms. The van der Waals surface area contributed by atoms with E-state index in [2.05, 4.69) is 39.0 Å². The van der Waals surface area contributed by atoms with Gasteiger partial charge in [-0.3, -0.25) is 0 Å². The zero-order valence-electron chi connectivity index (χ0n) is 8.79. The molecule has 0 aromatic heterocycles. The highest BCUT2D eigenvalue weighted by Gasteiger charge is 2.07. The van der Waals surface area contributed by atoms with Crippen LogP contribution in [0.15, 0.2) is 22.7 Å². The Hall–Kier alpha value is -0.540. The molecule has 0 heterocycles. The second-order valence-electron chi connectivity index (χ2n) is 3.69. The molecule has 0 saturated heterocycles. The SMILES string of the molecule is CC(CO)c1ccc(N(C)C)c(Br)c1. The quantitative estimate of drug-likeness (QED) is 0.900. The van der Waals surface area contributed by atoms with Crippen molar-refractivity contribution < 1.29 is 5.11 Å². The molecule has 0 aliphatic rings. The van der Waals surface area contributed by atoms with Crippen LogP contribution in [0.3, 0.4) is 0 Å². The average molecular weight is 258 g/mol. The van der Waals surface area contributed by atoms with Gasteiger partial charge in [0.2, 0.25) is 0 Å². The smallest absolute Gasteiger partial charge is 0.0505 e. The summed E-state index contributed by atoms with van der Waals surface area (Å²) in [4.78, 5) is 2.05. The molecule has 2 nitrogen and oxygen atoms in total. The molecule has 1 N–H and O–H groups in total. The molecule has 1 unspecified atom stereocenters. The van der Waals surface area contributed by atoms with Crippen molar-refractivity contribution in [3.05, 3.63) is 28.2 Å². The third kappa shape index (κ3) is 2.49. The van der Waals surface area contributed by atoms with E-state index >= 15 is 0 Å². The fourth-order valence-electron chi connectivity index (χ4n) is 1.30. The molecule has 0 fully saturated rings. The number of halogens is 1.